The summed E-state index contributed by atoms with van der Waals surface area (Å²) in [5.41, 5.74) is -0.547. The van der Waals surface area contributed by atoms with Gasteiger partial charge in [0.2, 0.25) is 0 Å². The molecule has 6 rings (SSSR count). The predicted octanol–water partition coefficient (Wildman–Crippen LogP) is 4.46. The Bertz CT molecular complexity index is 855. The standard InChI is InChI=1S/C29H45NO4/c1-16-5-8-27-29(4,33)23-7-6-19-20(22(23)15-30(27)14-16)12-24-21(19)13-26(32)25-11-18(34-17(2)31)9-10-28(24,25)3/h16,18-25,27,33H,5-15H2,1-4H3/t16-,18-,19+,20+,21-,22-,23+,24-,25+,27-,28+,29-/m0/s1. The van der Waals surface area contributed by atoms with Crippen LogP contribution in [0.25, 0.3) is 0 Å². The number of rotatable bonds is 1. The number of ether oxygens (including phenoxy) is 1. The second-order valence-corrected chi connectivity index (χ2v) is 13.8. The minimum atomic E-state index is -0.591. The van der Waals surface area contributed by atoms with E-state index >= 15 is 0 Å². The molecule has 34 heavy (non-hydrogen) atoms. The second kappa shape index (κ2) is 8.03. The number of esters is 1. The van der Waals surface area contributed by atoms with Gasteiger partial charge in [-0.2, -0.15) is 0 Å². The summed E-state index contributed by atoms with van der Waals surface area (Å²) in [6.45, 7) is 10.7. The van der Waals surface area contributed by atoms with Crippen molar-refractivity contribution in [2.24, 2.45) is 52.8 Å². The fourth-order valence-electron chi connectivity index (χ4n) is 10.7. The molecule has 0 aromatic carbocycles. The first-order valence-corrected chi connectivity index (χ1v) is 14.3. The zero-order chi connectivity index (χ0) is 24.0. The summed E-state index contributed by atoms with van der Waals surface area (Å²) < 4.78 is 5.57. The van der Waals surface area contributed by atoms with Crippen molar-refractivity contribution >= 4 is 11.8 Å². The Labute approximate surface area is 205 Å². The fraction of sp³-hybridized carbons (Fsp3) is 0.931. The summed E-state index contributed by atoms with van der Waals surface area (Å²) in [4.78, 5) is 27.7. The number of aliphatic hydroxyl groups is 1. The zero-order valence-electron chi connectivity index (χ0n) is 21.7. The van der Waals surface area contributed by atoms with Crippen molar-refractivity contribution in [1.82, 2.24) is 4.90 Å². The molecule has 6 fully saturated rings. The van der Waals surface area contributed by atoms with E-state index in [0.717, 1.165) is 57.5 Å². The Morgan fingerprint density at radius 3 is 2.53 bits per heavy atom. The lowest BCUT2D eigenvalue weighted by Crippen LogP contribution is -2.67. The van der Waals surface area contributed by atoms with Crippen LogP contribution in [0, 0.1) is 52.8 Å². The van der Waals surface area contributed by atoms with Gasteiger partial charge in [0.05, 0.1) is 5.60 Å². The van der Waals surface area contributed by atoms with Crippen LogP contribution in [0.4, 0.5) is 0 Å². The maximum Gasteiger partial charge on any atom is 0.302 e. The molecule has 0 bridgehead atoms. The normalized spacial score (nSPS) is 54.8. The highest BCUT2D eigenvalue weighted by atomic mass is 16.5. The van der Waals surface area contributed by atoms with E-state index in [1.165, 1.54) is 26.2 Å². The number of hydrogen-bond acceptors (Lipinski definition) is 5. The molecule has 0 amide bonds. The van der Waals surface area contributed by atoms with Gasteiger partial charge in [-0.1, -0.05) is 13.8 Å². The van der Waals surface area contributed by atoms with Crippen LogP contribution in [-0.2, 0) is 14.3 Å². The minimum Gasteiger partial charge on any atom is -0.463 e. The van der Waals surface area contributed by atoms with Crippen molar-refractivity contribution in [2.45, 2.75) is 103 Å². The van der Waals surface area contributed by atoms with E-state index in [0.29, 0.717) is 47.3 Å². The summed E-state index contributed by atoms with van der Waals surface area (Å²) in [5.74, 6) is 4.37. The molecule has 2 saturated heterocycles. The van der Waals surface area contributed by atoms with Crippen LogP contribution in [0.15, 0.2) is 0 Å². The van der Waals surface area contributed by atoms with Crippen molar-refractivity contribution in [3.05, 3.63) is 0 Å². The first-order chi connectivity index (χ1) is 16.1. The maximum absolute atomic E-state index is 13.5. The number of hydrogen-bond donors (Lipinski definition) is 1. The van der Waals surface area contributed by atoms with E-state index in [-0.39, 0.29) is 23.4 Å². The number of fused-ring (bicyclic) bond motifs is 8. The largest absolute Gasteiger partial charge is 0.463 e. The SMILES string of the molecule is CC(=O)O[C@H]1CC[C@@]2(C)[C@H](C1)C(=O)C[C@H]1[C@@H]3CC[C@@H]4[C@@H](CN5C[C@@H](C)CC[C@H]5[C@@]4(C)O)[C@@H]3C[C@@H]12. The molecule has 0 radical (unpaired) electrons. The van der Waals surface area contributed by atoms with Crippen molar-refractivity contribution in [3.63, 3.8) is 0 Å². The quantitative estimate of drug-likeness (QED) is 0.572. The van der Waals surface area contributed by atoms with Gasteiger partial charge in [-0.05, 0) is 105 Å². The van der Waals surface area contributed by atoms with E-state index in [9.17, 15) is 14.7 Å². The van der Waals surface area contributed by atoms with Crippen molar-refractivity contribution in [1.29, 1.82) is 0 Å². The van der Waals surface area contributed by atoms with Crippen molar-refractivity contribution in [3.8, 4) is 0 Å². The smallest absolute Gasteiger partial charge is 0.302 e. The average Bonchev–Trinajstić information content (AvgIpc) is 3.14. The molecule has 1 N–H and O–H groups in total. The Hall–Kier alpha value is -0.940. The third-order valence-corrected chi connectivity index (χ3v) is 12.1. The number of Topliss-reactive ketones (excluding diaryl/α,β-unsaturated/α-hetero) is 1. The van der Waals surface area contributed by atoms with Crippen LogP contribution in [0.1, 0.15) is 85.5 Å². The Balaban J connectivity index is 1.26. The zero-order valence-corrected chi connectivity index (χ0v) is 21.7. The number of ketones is 1. The molecule has 0 unspecified atom stereocenters. The summed E-state index contributed by atoms with van der Waals surface area (Å²) in [6.07, 6.45) is 9.19. The van der Waals surface area contributed by atoms with Gasteiger partial charge in [-0.3, -0.25) is 14.5 Å². The highest BCUT2D eigenvalue weighted by molar-refractivity contribution is 5.83. The van der Waals surface area contributed by atoms with Gasteiger partial charge in [-0.25, -0.2) is 0 Å². The topological polar surface area (TPSA) is 66.8 Å². The lowest BCUT2D eigenvalue weighted by molar-refractivity contribution is -0.175. The predicted molar refractivity (Wildman–Crippen MR) is 130 cm³/mol. The van der Waals surface area contributed by atoms with Gasteiger partial charge in [0.1, 0.15) is 11.9 Å². The Kier molecular flexibility index (Phi) is 5.54. The Morgan fingerprint density at radius 2 is 1.76 bits per heavy atom. The van der Waals surface area contributed by atoms with Crippen molar-refractivity contribution < 1.29 is 19.4 Å². The number of carbonyl (C=O) groups excluding carboxylic acids is 2. The molecule has 0 aromatic rings. The van der Waals surface area contributed by atoms with Crippen molar-refractivity contribution in [2.75, 3.05) is 13.1 Å². The molecule has 2 aliphatic heterocycles. The molecule has 4 saturated carbocycles. The van der Waals surface area contributed by atoms with Gasteiger partial charge in [0, 0.05) is 38.4 Å². The molecule has 190 valence electrons. The number of piperidine rings is 2. The van der Waals surface area contributed by atoms with E-state index in [4.69, 9.17) is 4.74 Å². The van der Waals surface area contributed by atoms with Crippen LogP contribution in [0.3, 0.4) is 0 Å². The summed E-state index contributed by atoms with van der Waals surface area (Å²) in [5, 5.41) is 11.9. The van der Waals surface area contributed by atoms with Gasteiger partial charge in [-0.15, -0.1) is 0 Å². The van der Waals surface area contributed by atoms with Crippen LogP contribution >= 0.6 is 0 Å². The van der Waals surface area contributed by atoms with Crippen LogP contribution in [-0.4, -0.2) is 52.6 Å². The monoisotopic (exact) mass is 471 g/mol. The molecule has 2 heterocycles. The molecule has 0 spiro atoms. The molecule has 0 aromatic heterocycles. The molecule has 6 aliphatic rings. The number of carbonyl (C=O) groups is 2. The highest BCUT2D eigenvalue weighted by Crippen LogP contribution is 2.66. The highest BCUT2D eigenvalue weighted by Gasteiger charge is 2.64. The maximum atomic E-state index is 13.5. The van der Waals surface area contributed by atoms with E-state index in [1.807, 2.05) is 0 Å². The Morgan fingerprint density at radius 1 is 0.971 bits per heavy atom. The molecular weight excluding hydrogens is 426 g/mol. The summed E-state index contributed by atoms with van der Waals surface area (Å²) in [7, 11) is 0. The lowest BCUT2D eigenvalue weighted by Gasteiger charge is -2.59. The first kappa shape index (κ1) is 23.5. The molecule has 5 nitrogen and oxygen atoms in total. The molecule has 12 atom stereocenters. The lowest BCUT2D eigenvalue weighted by atomic mass is 9.51. The minimum absolute atomic E-state index is 0.0445. The molecular formula is C29H45NO4. The first-order valence-electron chi connectivity index (χ1n) is 14.3. The van der Waals surface area contributed by atoms with Crippen LogP contribution < -0.4 is 0 Å². The summed E-state index contributed by atoms with van der Waals surface area (Å²) in [6, 6.07) is 0.324. The molecule has 4 aliphatic carbocycles. The van der Waals surface area contributed by atoms with Crippen LogP contribution in [0.5, 0.6) is 0 Å². The third-order valence-electron chi connectivity index (χ3n) is 12.1. The summed E-state index contributed by atoms with van der Waals surface area (Å²) >= 11 is 0. The average molecular weight is 472 g/mol. The third kappa shape index (κ3) is 3.38. The van der Waals surface area contributed by atoms with E-state index in [2.05, 4.69) is 25.7 Å². The van der Waals surface area contributed by atoms with Gasteiger partial charge in [0.25, 0.3) is 0 Å². The second-order valence-electron chi connectivity index (χ2n) is 13.8. The van der Waals surface area contributed by atoms with Gasteiger partial charge < -0.3 is 9.84 Å². The molecule has 5 heteroatoms. The van der Waals surface area contributed by atoms with E-state index in [1.54, 1.807) is 0 Å². The van der Waals surface area contributed by atoms with E-state index < -0.39 is 5.60 Å². The van der Waals surface area contributed by atoms with Gasteiger partial charge >= 0.3 is 5.97 Å². The van der Waals surface area contributed by atoms with Crippen LogP contribution in [0.2, 0.25) is 0 Å². The van der Waals surface area contributed by atoms with Gasteiger partial charge in [0.15, 0.2) is 0 Å². The number of nitrogens with zero attached hydrogens (tertiary/aromatic N) is 1. The fourth-order valence-corrected chi connectivity index (χ4v) is 10.7.